The lowest BCUT2D eigenvalue weighted by Gasteiger charge is -2.38. The Morgan fingerprint density at radius 1 is 1.39 bits per heavy atom. The number of hydrogen-bond donors (Lipinski definition) is 0. The van der Waals surface area contributed by atoms with Crippen LogP contribution in [0.2, 0.25) is 0 Å². The second-order valence-corrected chi connectivity index (χ2v) is 5.75. The topological polar surface area (TPSA) is 33.5 Å². The molecule has 2 saturated heterocycles. The molecule has 1 aromatic rings. The highest BCUT2D eigenvalue weighted by Gasteiger charge is 2.41. The van der Waals surface area contributed by atoms with Crippen LogP contribution in [-0.4, -0.2) is 28.8 Å². The fraction of sp³-hybridized carbons (Fsp3) is 0.667. The van der Waals surface area contributed by atoms with Gasteiger partial charge in [-0.25, -0.2) is 0 Å². The van der Waals surface area contributed by atoms with Gasteiger partial charge in [0.1, 0.15) is 11.5 Å². The third kappa shape index (κ3) is 2.24. The molecule has 0 radical (unpaired) electrons. The van der Waals surface area contributed by atoms with E-state index in [1.807, 2.05) is 12.1 Å². The summed E-state index contributed by atoms with van der Waals surface area (Å²) in [5.74, 6) is 1.54. The number of fused-ring (bicyclic) bond motifs is 2. The van der Waals surface area contributed by atoms with E-state index in [1.165, 1.54) is 12.8 Å². The minimum atomic E-state index is 0.469. The summed E-state index contributed by atoms with van der Waals surface area (Å²) in [6.07, 6.45) is 7.84. The molecule has 3 unspecified atom stereocenters. The number of hydrogen-bond acceptors (Lipinski definition) is 3. The third-order valence-corrected chi connectivity index (χ3v) is 4.50. The molecule has 2 fully saturated rings. The van der Waals surface area contributed by atoms with Crippen LogP contribution in [0, 0.1) is 0 Å². The van der Waals surface area contributed by atoms with Crippen LogP contribution < -0.4 is 0 Å². The highest BCUT2D eigenvalue weighted by molar-refractivity contribution is 5.81. The van der Waals surface area contributed by atoms with Crippen molar-refractivity contribution >= 4 is 5.78 Å². The van der Waals surface area contributed by atoms with E-state index in [0.29, 0.717) is 23.9 Å². The van der Waals surface area contributed by atoms with E-state index in [9.17, 15) is 4.79 Å². The molecule has 0 N–H and O–H groups in total. The molecule has 2 aliphatic rings. The van der Waals surface area contributed by atoms with Gasteiger partial charge in [-0.3, -0.25) is 9.69 Å². The fourth-order valence-corrected chi connectivity index (χ4v) is 3.68. The van der Waals surface area contributed by atoms with Crippen LogP contribution >= 0.6 is 0 Å². The molecular formula is C15H21NO2. The molecular weight excluding hydrogens is 226 g/mol. The quantitative estimate of drug-likeness (QED) is 0.820. The minimum absolute atomic E-state index is 0.469. The van der Waals surface area contributed by atoms with Crippen LogP contribution in [0.5, 0.6) is 0 Å². The van der Waals surface area contributed by atoms with Crippen molar-refractivity contribution < 1.29 is 9.21 Å². The molecule has 1 aromatic heterocycles. The van der Waals surface area contributed by atoms with E-state index < -0.39 is 0 Å². The van der Waals surface area contributed by atoms with Crippen molar-refractivity contribution in [1.82, 2.24) is 4.90 Å². The smallest absolute Gasteiger partial charge is 0.136 e. The number of piperidine rings is 1. The van der Waals surface area contributed by atoms with Gasteiger partial charge >= 0.3 is 0 Å². The van der Waals surface area contributed by atoms with Gasteiger partial charge in [-0.1, -0.05) is 0 Å². The second-order valence-electron chi connectivity index (χ2n) is 5.75. The highest BCUT2D eigenvalue weighted by atomic mass is 16.3. The van der Waals surface area contributed by atoms with E-state index in [2.05, 4.69) is 11.8 Å². The zero-order chi connectivity index (χ0) is 12.5. The molecule has 3 heterocycles. The zero-order valence-corrected chi connectivity index (χ0v) is 11.0. The molecule has 0 spiro atoms. The first-order valence-corrected chi connectivity index (χ1v) is 7.05. The van der Waals surface area contributed by atoms with Crippen LogP contribution in [0.1, 0.15) is 44.8 Å². The van der Waals surface area contributed by atoms with Crippen molar-refractivity contribution in [2.45, 2.75) is 63.6 Å². The van der Waals surface area contributed by atoms with Gasteiger partial charge in [0, 0.05) is 37.4 Å². The van der Waals surface area contributed by atoms with Crippen LogP contribution in [0.4, 0.5) is 0 Å². The number of nitrogens with zero attached hydrogens (tertiary/aromatic N) is 1. The Kier molecular flexibility index (Phi) is 3.25. The van der Waals surface area contributed by atoms with Crippen molar-refractivity contribution in [3.05, 3.63) is 24.2 Å². The van der Waals surface area contributed by atoms with Crippen LogP contribution in [0.25, 0.3) is 0 Å². The maximum absolute atomic E-state index is 11.6. The van der Waals surface area contributed by atoms with Gasteiger partial charge in [-0.05, 0) is 38.3 Å². The summed E-state index contributed by atoms with van der Waals surface area (Å²) >= 11 is 0. The van der Waals surface area contributed by atoms with E-state index >= 15 is 0 Å². The van der Waals surface area contributed by atoms with Crippen LogP contribution in [0.3, 0.4) is 0 Å². The summed E-state index contributed by atoms with van der Waals surface area (Å²) < 4.78 is 5.38. The Morgan fingerprint density at radius 2 is 2.11 bits per heavy atom. The van der Waals surface area contributed by atoms with Gasteiger partial charge in [0.15, 0.2) is 0 Å². The summed E-state index contributed by atoms with van der Waals surface area (Å²) in [5.41, 5.74) is 0. The van der Waals surface area contributed by atoms with Gasteiger partial charge in [0.05, 0.1) is 6.26 Å². The number of aryl methyl sites for hydroxylation is 1. The molecule has 2 aliphatic heterocycles. The first-order chi connectivity index (χ1) is 8.74. The maximum atomic E-state index is 11.6. The van der Waals surface area contributed by atoms with E-state index in [-0.39, 0.29) is 0 Å². The Hall–Kier alpha value is -1.09. The Morgan fingerprint density at radius 3 is 2.72 bits per heavy atom. The predicted octanol–water partition coefficient (Wildman–Crippen LogP) is 2.80. The van der Waals surface area contributed by atoms with Crippen molar-refractivity contribution in [1.29, 1.82) is 0 Å². The van der Waals surface area contributed by atoms with E-state index in [1.54, 1.807) is 6.26 Å². The van der Waals surface area contributed by atoms with E-state index in [4.69, 9.17) is 4.42 Å². The van der Waals surface area contributed by atoms with Crippen LogP contribution in [-0.2, 0) is 11.2 Å². The lowest BCUT2D eigenvalue weighted by Crippen LogP contribution is -2.48. The molecule has 3 heteroatoms. The predicted molar refractivity (Wildman–Crippen MR) is 69.4 cm³/mol. The van der Waals surface area contributed by atoms with Gasteiger partial charge in [0.2, 0.25) is 0 Å². The summed E-state index contributed by atoms with van der Waals surface area (Å²) in [7, 11) is 0. The second kappa shape index (κ2) is 4.88. The Bertz CT molecular complexity index is 396. The summed E-state index contributed by atoms with van der Waals surface area (Å²) in [6.45, 7) is 2.30. The average molecular weight is 247 g/mol. The summed E-state index contributed by atoms with van der Waals surface area (Å²) in [5, 5.41) is 0. The SMILES string of the molecule is CC(CCc1ccco1)N1C2CCC1CC(=O)C2. The standard InChI is InChI=1S/C15H21NO2/c1-11(4-7-15-3-2-8-18-15)16-12-5-6-13(16)10-14(17)9-12/h2-3,8,11-13H,4-7,9-10H2,1H3. The van der Waals surface area contributed by atoms with Crippen LogP contribution in [0.15, 0.2) is 22.8 Å². The lowest BCUT2D eigenvalue weighted by molar-refractivity contribution is -0.124. The number of furan rings is 1. The molecule has 0 amide bonds. The molecule has 3 rings (SSSR count). The molecule has 98 valence electrons. The van der Waals surface area contributed by atoms with Gasteiger partial charge in [-0.15, -0.1) is 0 Å². The Labute approximate surface area is 108 Å². The normalized spacial score (nSPS) is 29.7. The maximum Gasteiger partial charge on any atom is 0.136 e. The molecule has 2 bridgehead atoms. The number of ketones is 1. The third-order valence-electron chi connectivity index (χ3n) is 4.50. The first kappa shape index (κ1) is 12.0. The molecule has 18 heavy (non-hydrogen) atoms. The van der Waals surface area contributed by atoms with Crippen molar-refractivity contribution in [2.24, 2.45) is 0 Å². The number of rotatable bonds is 4. The average Bonchev–Trinajstić information content (AvgIpc) is 2.94. The monoisotopic (exact) mass is 247 g/mol. The highest BCUT2D eigenvalue weighted by Crippen LogP contribution is 2.36. The van der Waals surface area contributed by atoms with Crippen molar-refractivity contribution in [3.8, 4) is 0 Å². The molecule has 3 atom stereocenters. The Balaban J connectivity index is 1.59. The number of Topliss-reactive ketones (excluding diaryl/α,β-unsaturated/α-hetero) is 1. The van der Waals surface area contributed by atoms with E-state index in [0.717, 1.165) is 31.4 Å². The lowest BCUT2D eigenvalue weighted by atomic mass is 9.97. The largest absolute Gasteiger partial charge is 0.469 e. The van der Waals surface area contributed by atoms with Gasteiger partial charge in [0.25, 0.3) is 0 Å². The molecule has 0 aromatic carbocycles. The van der Waals surface area contributed by atoms with Gasteiger partial charge < -0.3 is 4.42 Å². The number of carbonyl (C=O) groups is 1. The van der Waals surface area contributed by atoms with Crippen molar-refractivity contribution in [3.63, 3.8) is 0 Å². The molecule has 0 saturated carbocycles. The van der Waals surface area contributed by atoms with Gasteiger partial charge in [-0.2, -0.15) is 0 Å². The minimum Gasteiger partial charge on any atom is -0.469 e. The molecule has 3 nitrogen and oxygen atoms in total. The summed E-state index contributed by atoms with van der Waals surface area (Å²) in [6, 6.07) is 5.58. The number of carbonyl (C=O) groups excluding carboxylic acids is 1. The first-order valence-electron chi connectivity index (χ1n) is 7.05. The van der Waals surface area contributed by atoms with Crippen molar-refractivity contribution in [2.75, 3.05) is 0 Å². The zero-order valence-electron chi connectivity index (χ0n) is 11.0. The fourth-order valence-electron chi connectivity index (χ4n) is 3.68. The summed E-state index contributed by atoms with van der Waals surface area (Å²) in [4.78, 5) is 14.2. The molecule has 0 aliphatic carbocycles.